The standard InChI is InChI=1S/C12H17F3N2O3/c1-10(2)11(3,4)17(9(16-10)12(13,14)15)20-7-6-8(18)19-5/h6-7H,1-5H3/b7-6+. The van der Waals surface area contributed by atoms with Crippen LogP contribution in [0.3, 0.4) is 0 Å². The minimum absolute atomic E-state index is 0.659. The SMILES string of the molecule is COC(=O)/C=C/ON1C(C(F)(F)F)=NC(C)(C)C1(C)C. The zero-order valence-corrected chi connectivity index (χ0v) is 11.9. The molecule has 0 saturated heterocycles. The van der Waals surface area contributed by atoms with Crippen LogP contribution in [0, 0.1) is 0 Å². The summed E-state index contributed by atoms with van der Waals surface area (Å²) >= 11 is 0. The minimum atomic E-state index is -4.65. The number of rotatable bonds is 3. The second-order valence-corrected chi connectivity index (χ2v) is 5.28. The van der Waals surface area contributed by atoms with Gasteiger partial charge in [-0.3, -0.25) is 4.99 Å². The summed E-state index contributed by atoms with van der Waals surface area (Å²) in [7, 11) is 1.15. The molecule has 0 aromatic carbocycles. The highest BCUT2D eigenvalue weighted by Crippen LogP contribution is 2.41. The third-order valence-electron chi connectivity index (χ3n) is 3.41. The number of hydroxylamine groups is 2. The molecule has 1 aliphatic rings. The maximum atomic E-state index is 13.0. The molecule has 0 unspecified atom stereocenters. The smallest absolute Gasteiger partial charge is 0.452 e. The lowest BCUT2D eigenvalue weighted by molar-refractivity contribution is -0.147. The molecule has 0 fully saturated rings. The fourth-order valence-electron chi connectivity index (χ4n) is 1.54. The molecule has 0 radical (unpaired) electrons. The van der Waals surface area contributed by atoms with E-state index in [4.69, 9.17) is 4.84 Å². The van der Waals surface area contributed by atoms with E-state index in [-0.39, 0.29) is 0 Å². The van der Waals surface area contributed by atoms with E-state index in [1.54, 1.807) is 27.7 Å². The van der Waals surface area contributed by atoms with Crippen LogP contribution in [0.1, 0.15) is 27.7 Å². The maximum Gasteiger partial charge on any atom is 0.452 e. The predicted octanol–water partition coefficient (Wildman–Crippen LogP) is 2.44. The Balaban J connectivity index is 3.04. The molecule has 8 heteroatoms. The summed E-state index contributed by atoms with van der Waals surface area (Å²) in [5.74, 6) is -1.87. The van der Waals surface area contributed by atoms with Crippen LogP contribution in [-0.4, -0.2) is 41.2 Å². The molecule has 0 aliphatic carbocycles. The van der Waals surface area contributed by atoms with Gasteiger partial charge in [0.2, 0.25) is 5.84 Å². The summed E-state index contributed by atoms with van der Waals surface area (Å²) in [6.07, 6.45) is -2.92. The van der Waals surface area contributed by atoms with Gasteiger partial charge in [-0.05, 0) is 27.7 Å². The lowest BCUT2D eigenvalue weighted by Gasteiger charge is -2.38. The van der Waals surface area contributed by atoms with Crippen LogP contribution in [0.2, 0.25) is 0 Å². The number of esters is 1. The van der Waals surface area contributed by atoms with Crippen LogP contribution in [-0.2, 0) is 14.4 Å². The molecule has 1 aliphatic heterocycles. The molecule has 5 nitrogen and oxygen atoms in total. The molecule has 0 aromatic heterocycles. The lowest BCUT2D eigenvalue weighted by Crippen LogP contribution is -2.54. The minimum Gasteiger partial charge on any atom is -0.466 e. The maximum absolute atomic E-state index is 13.0. The molecule has 1 heterocycles. The first-order chi connectivity index (χ1) is 8.93. The second kappa shape index (κ2) is 4.99. The van der Waals surface area contributed by atoms with Gasteiger partial charge in [0.25, 0.3) is 0 Å². The number of carbonyl (C=O) groups excluding carboxylic acids is 1. The fourth-order valence-corrected chi connectivity index (χ4v) is 1.54. The summed E-state index contributed by atoms with van der Waals surface area (Å²) in [5, 5.41) is 0.659. The van der Waals surface area contributed by atoms with Crippen molar-refractivity contribution in [1.29, 1.82) is 0 Å². The first-order valence-corrected chi connectivity index (χ1v) is 5.82. The summed E-state index contributed by atoms with van der Waals surface area (Å²) in [5.41, 5.74) is -2.05. The molecule has 20 heavy (non-hydrogen) atoms. The number of nitrogens with zero attached hydrogens (tertiary/aromatic N) is 2. The molecule has 114 valence electrons. The molecule has 1 rings (SSSR count). The highest BCUT2D eigenvalue weighted by molar-refractivity contribution is 5.90. The van der Waals surface area contributed by atoms with Crippen LogP contribution >= 0.6 is 0 Å². The van der Waals surface area contributed by atoms with Gasteiger partial charge in [0.1, 0.15) is 6.26 Å². The molecule has 0 N–H and O–H groups in total. The molecule has 0 saturated carbocycles. The Labute approximate surface area is 115 Å². The summed E-state index contributed by atoms with van der Waals surface area (Å²) in [6, 6.07) is 0. The van der Waals surface area contributed by atoms with Crippen molar-refractivity contribution in [3.63, 3.8) is 0 Å². The van der Waals surface area contributed by atoms with Crippen molar-refractivity contribution in [2.45, 2.75) is 44.9 Å². The molecular formula is C12H17F3N2O3. The van der Waals surface area contributed by atoms with Gasteiger partial charge in [-0.1, -0.05) is 0 Å². The highest BCUT2D eigenvalue weighted by atomic mass is 19.4. The van der Waals surface area contributed by atoms with Crippen LogP contribution in [0.25, 0.3) is 0 Å². The van der Waals surface area contributed by atoms with Gasteiger partial charge < -0.3 is 9.57 Å². The number of carbonyl (C=O) groups is 1. The first kappa shape index (κ1) is 16.3. The lowest BCUT2D eigenvalue weighted by atomic mass is 9.84. The van der Waals surface area contributed by atoms with E-state index in [2.05, 4.69) is 9.73 Å². The van der Waals surface area contributed by atoms with Gasteiger partial charge in [0, 0.05) is 0 Å². The number of ether oxygens (including phenoxy) is 1. The normalized spacial score (nSPS) is 21.0. The number of hydrogen-bond acceptors (Lipinski definition) is 5. The van der Waals surface area contributed by atoms with Crippen molar-refractivity contribution >= 4 is 11.8 Å². The number of halogens is 3. The number of methoxy groups -OCH3 is 1. The number of aliphatic imine (C=N–C) groups is 1. The summed E-state index contributed by atoms with van der Waals surface area (Å²) in [4.78, 5) is 19.5. The largest absolute Gasteiger partial charge is 0.466 e. The Bertz CT molecular complexity index is 453. The van der Waals surface area contributed by atoms with Crippen molar-refractivity contribution in [2.75, 3.05) is 7.11 Å². The van der Waals surface area contributed by atoms with E-state index in [0.717, 1.165) is 19.4 Å². The van der Waals surface area contributed by atoms with Gasteiger partial charge >= 0.3 is 12.1 Å². The Morgan fingerprint density at radius 3 is 2.30 bits per heavy atom. The molecule has 0 aromatic rings. The molecular weight excluding hydrogens is 277 g/mol. The number of amidine groups is 1. The van der Waals surface area contributed by atoms with Gasteiger partial charge in [0.05, 0.1) is 24.3 Å². The van der Waals surface area contributed by atoms with Crippen LogP contribution in [0.5, 0.6) is 0 Å². The van der Waals surface area contributed by atoms with Crippen molar-refractivity contribution in [2.24, 2.45) is 4.99 Å². The van der Waals surface area contributed by atoms with Crippen molar-refractivity contribution < 1.29 is 27.5 Å². The van der Waals surface area contributed by atoms with Gasteiger partial charge in [-0.2, -0.15) is 18.2 Å². The van der Waals surface area contributed by atoms with E-state index >= 15 is 0 Å². The molecule has 0 amide bonds. The van der Waals surface area contributed by atoms with Crippen LogP contribution in [0.15, 0.2) is 17.3 Å². The zero-order valence-electron chi connectivity index (χ0n) is 11.9. The third-order valence-corrected chi connectivity index (χ3v) is 3.41. The highest BCUT2D eigenvalue weighted by Gasteiger charge is 2.58. The predicted molar refractivity (Wildman–Crippen MR) is 65.7 cm³/mol. The second-order valence-electron chi connectivity index (χ2n) is 5.28. The van der Waals surface area contributed by atoms with Crippen LogP contribution < -0.4 is 0 Å². The van der Waals surface area contributed by atoms with Gasteiger partial charge in [-0.15, -0.1) is 0 Å². The Morgan fingerprint density at radius 2 is 1.85 bits per heavy atom. The van der Waals surface area contributed by atoms with Crippen molar-refractivity contribution in [1.82, 2.24) is 5.06 Å². The van der Waals surface area contributed by atoms with Crippen LogP contribution in [0.4, 0.5) is 13.2 Å². The Morgan fingerprint density at radius 1 is 1.30 bits per heavy atom. The summed E-state index contributed by atoms with van der Waals surface area (Å²) < 4.78 is 43.3. The van der Waals surface area contributed by atoms with Crippen molar-refractivity contribution in [3.05, 3.63) is 12.3 Å². The molecule has 0 spiro atoms. The van der Waals surface area contributed by atoms with E-state index in [1.165, 1.54) is 0 Å². The first-order valence-electron chi connectivity index (χ1n) is 5.82. The Kier molecular flexibility index (Phi) is 4.07. The van der Waals surface area contributed by atoms with E-state index in [1.807, 2.05) is 0 Å². The zero-order chi connectivity index (χ0) is 15.8. The van der Waals surface area contributed by atoms with Gasteiger partial charge in [-0.25, -0.2) is 4.79 Å². The third kappa shape index (κ3) is 2.88. The number of alkyl halides is 3. The van der Waals surface area contributed by atoms with Crippen molar-refractivity contribution in [3.8, 4) is 0 Å². The average molecular weight is 294 g/mol. The molecule has 0 bridgehead atoms. The van der Waals surface area contributed by atoms with Gasteiger partial charge in [0.15, 0.2) is 0 Å². The van der Waals surface area contributed by atoms with E-state index in [0.29, 0.717) is 5.06 Å². The Hall–Kier alpha value is -1.73. The summed E-state index contributed by atoms with van der Waals surface area (Å²) in [6.45, 7) is 6.29. The molecule has 0 atom stereocenters. The quantitative estimate of drug-likeness (QED) is 0.456. The topological polar surface area (TPSA) is 51.1 Å². The fraction of sp³-hybridized carbons (Fsp3) is 0.667. The monoisotopic (exact) mass is 294 g/mol. The van der Waals surface area contributed by atoms with E-state index in [9.17, 15) is 18.0 Å². The average Bonchev–Trinajstić information content (AvgIpc) is 2.47. The van der Waals surface area contributed by atoms with E-state index < -0.39 is 29.1 Å². The number of hydrogen-bond donors (Lipinski definition) is 0.